The predicted molar refractivity (Wildman–Crippen MR) is 102 cm³/mol. The van der Waals surface area contributed by atoms with Crippen molar-refractivity contribution in [3.63, 3.8) is 0 Å². The third-order valence-corrected chi connectivity index (χ3v) is 5.18. The van der Waals surface area contributed by atoms with E-state index in [1.165, 1.54) is 11.3 Å². The highest BCUT2D eigenvalue weighted by Crippen LogP contribution is 2.43. The Morgan fingerprint density at radius 2 is 1.88 bits per heavy atom. The highest BCUT2D eigenvalue weighted by Gasteiger charge is 2.39. The first-order valence-electron chi connectivity index (χ1n) is 9.21. The zero-order chi connectivity index (χ0) is 18.4. The molecule has 2 N–H and O–H groups in total. The van der Waals surface area contributed by atoms with Gasteiger partial charge in [0.05, 0.1) is 0 Å². The van der Waals surface area contributed by atoms with Crippen LogP contribution in [0.4, 0.5) is 16.2 Å². The average molecular weight is 345 g/mol. The zero-order valence-electron chi connectivity index (χ0n) is 16.1. The lowest BCUT2D eigenvalue weighted by Gasteiger charge is -2.39. The minimum Gasteiger partial charge on any atom is -0.444 e. The summed E-state index contributed by atoms with van der Waals surface area (Å²) in [7, 11) is 0. The van der Waals surface area contributed by atoms with E-state index in [2.05, 4.69) is 30.9 Å². The molecule has 2 heterocycles. The fourth-order valence-corrected chi connectivity index (χ4v) is 3.97. The molecule has 0 aliphatic carbocycles. The molecule has 1 aromatic rings. The quantitative estimate of drug-likeness (QED) is 0.787. The molecule has 138 valence electrons. The van der Waals surface area contributed by atoms with Gasteiger partial charge in [0.1, 0.15) is 5.60 Å². The molecule has 0 atom stereocenters. The van der Waals surface area contributed by atoms with Crippen LogP contribution in [0.15, 0.2) is 18.2 Å². The summed E-state index contributed by atoms with van der Waals surface area (Å²) in [5, 5.41) is 0. The van der Waals surface area contributed by atoms with Gasteiger partial charge >= 0.3 is 6.09 Å². The van der Waals surface area contributed by atoms with E-state index in [0.29, 0.717) is 6.04 Å². The van der Waals surface area contributed by atoms with Gasteiger partial charge in [0.2, 0.25) is 0 Å². The standard InChI is InChI=1S/C20H31N3O2/c1-19(2,3)25-18(24)22-10-8-15(9-11-22)23-13-20(4,5)16-7-6-14(21)12-17(16)23/h6-7,12,15H,8-11,13,21H2,1-5H3. The zero-order valence-corrected chi connectivity index (χ0v) is 16.1. The number of ether oxygens (including phenoxy) is 1. The largest absolute Gasteiger partial charge is 0.444 e. The second kappa shape index (κ2) is 6.11. The van der Waals surface area contributed by atoms with Crippen LogP contribution in [0, 0.1) is 0 Å². The van der Waals surface area contributed by atoms with Crippen LogP contribution in [0.1, 0.15) is 53.0 Å². The van der Waals surface area contributed by atoms with Gasteiger partial charge in [-0.25, -0.2) is 4.79 Å². The van der Waals surface area contributed by atoms with Gasteiger partial charge in [0.15, 0.2) is 0 Å². The molecule has 0 spiro atoms. The Morgan fingerprint density at radius 1 is 1.24 bits per heavy atom. The van der Waals surface area contributed by atoms with Crippen LogP contribution in [0.5, 0.6) is 0 Å². The lowest BCUT2D eigenvalue weighted by molar-refractivity contribution is 0.0204. The number of likely N-dealkylation sites (tertiary alicyclic amines) is 1. The highest BCUT2D eigenvalue weighted by molar-refractivity contribution is 5.69. The van der Waals surface area contributed by atoms with E-state index in [1.54, 1.807) is 0 Å². The summed E-state index contributed by atoms with van der Waals surface area (Å²) in [5.41, 5.74) is 9.17. The second-order valence-electron chi connectivity index (χ2n) is 8.99. The number of carbonyl (C=O) groups excluding carboxylic acids is 1. The fourth-order valence-electron chi connectivity index (χ4n) is 3.97. The molecule has 0 radical (unpaired) electrons. The molecule has 0 aromatic heterocycles. The molecule has 2 aliphatic heterocycles. The van der Waals surface area contributed by atoms with Crippen LogP contribution < -0.4 is 10.6 Å². The van der Waals surface area contributed by atoms with Crippen molar-refractivity contribution in [3.8, 4) is 0 Å². The first-order chi connectivity index (χ1) is 11.6. The fraction of sp³-hybridized carbons (Fsp3) is 0.650. The normalized spacial score (nSPS) is 20.5. The van der Waals surface area contributed by atoms with Gasteiger partial charge in [-0.2, -0.15) is 0 Å². The van der Waals surface area contributed by atoms with Gasteiger partial charge in [0, 0.05) is 42.5 Å². The van der Waals surface area contributed by atoms with Crippen molar-refractivity contribution in [3.05, 3.63) is 23.8 Å². The number of nitrogens with two attached hydrogens (primary N) is 1. The van der Waals surface area contributed by atoms with Crippen molar-refractivity contribution in [2.75, 3.05) is 30.3 Å². The number of hydrogen-bond donors (Lipinski definition) is 1. The molecule has 1 amide bonds. The summed E-state index contributed by atoms with van der Waals surface area (Å²) < 4.78 is 5.50. The van der Waals surface area contributed by atoms with Crippen LogP contribution in [0.3, 0.4) is 0 Å². The number of rotatable bonds is 1. The topological polar surface area (TPSA) is 58.8 Å². The van der Waals surface area contributed by atoms with Crippen LogP contribution in [0.2, 0.25) is 0 Å². The molecule has 1 saturated heterocycles. The Kier molecular flexibility index (Phi) is 4.38. The molecule has 0 saturated carbocycles. The molecular weight excluding hydrogens is 314 g/mol. The number of piperidine rings is 1. The Balaban J connectivity index is 1.68. The first-order valence-corrected chi connectivity index (χ1v) is 9.21. The Labute approximate surface area is 151 Å². The number of hydrogen-bond acceptors (Lipinski definition) is 4. The summed E-state index contributed by atoms with van der Waals surface area (Å²) in [6.07, 6.45) is 1.73. The number of fused-ring (bicyclic) bond motifs is 1. The van der Waals surface area contributed by atoms with E-state index >= 15 is 0 Å². The Morgan fingerprint density at radius 3 is 2.48 bits per heavy atom. The molecular formula is C20H31N3O2. The number of carbonyl (C=O) groups is 1. The summed E-state index contributed by atoms with van der Waals surface area (Å²) in [6.45, 7) is 12.8. The summed E-state index contributed by atoms with van der Waals surface area (Å²) in [4.78, 5) is 16.6. The van der Waals surface area contributed by atoms with Crippen molar-refractivity contribution in [2.24, 2.45) is 0 Å². The van der Waals surface area contributed by atoms with E-state index in [4.69, 9.17) is 10.5 Å². The maximum Gasteiger partial charge on any atom is 0.410 e. The second-order valence-corrected chi connectivity index (χ2v) is 8.99. The van der Waals surface area contributed by atoms with Crippen molar-refractivity contribution in [1.29, 1.82) is 0 Å². The van der Waals surface area contributed by atoms with E-state index in [1.807, 2.05) is 31.7 Å². The van der Waals surface area contributed by atoms with E-state index in [9.17, 15) is 4.79 Å². The average Bonchev–Trinajstić information content (AvgIpc) is 2.76. The van der Waals surface area contributed by atoms with E-state index in [-0.39, 0.29) is 11.5 Å². The maximum absolute atomic E-state index is 12.3. The smallest absolute Gasteiger partial charge is 0.410 e. The molecule has 5 nitrogen and oxygen atoms in total. The molecule has 25 heavy (non-hydrogen) atoms. The number of amides is 1. The van der Waals surface area contributed by atoms with Gasteiger partial charge in [-0.1, -0.05) is 19.9 Å². The number of benzene rings is 1. The number of nitrogen functional groups attached to an aromatic ring is 1. The molecule has 1 aromatic carbocycles. The SMILES string of the molecule is CC(C)(C)OC(=O)N1CCC(N2CC(C)(C)c3ccc(N)cc32)CC1. The molecule has 0 bridgehead atoms. The number of nitrogens with zero attached hydrogens (tertiary/aromatic N) is 2. The van der Waals surface area contributed by atoms with Gasteiger partial charge in [-0.15, -0.1) is 0 Å². The van der Waals surface area contributed by atoms with Gasteiger partial charge in [-0.05, 0) is 51.3 Å². The Bertz CT molecular complexity index is 655. The van der Waals surface area contributed by atoms with Gasteiger partial charge < -0.3 is 20.3 Å². The van der Waals surface area contributed by atoms with E-state index < -0.39 is 5.60 Å². The van der Waals surface area contributed by atoms with Crippen molar-refractivity contribution in [2.45, 2.75) is 64.5 Å². The monoisotopic (exact) mass is 345 g/mol. The van der Waals surface area contributed by atoms with Gasteiger partial charge in [0.25, 0.3) is 0 Å². The minimum absolute atomic E-state index is 0.130. The molecule has 5 heteroatoms. The maximum atomic E-state index is 12.3. The van der Waals surface area contributed by atoms with Crippen molar-refractivity contribution in [1.82, 2.24) is 4.90 Å². The molecule has 3 rings (SSSR count). The lowest BCUT2D eigenvalue weighted by atomic mass is 9.87. The van der Waals surface area contributed by atoms with Crippen molar-refractivity contribution < 1.29 is 9.53 Å². The third-order valence-electron chi connectivity index (χ3n) is 5.18. The summed E-state index contributed by atoms with van der Waals surface area (Å²) in [6, 6.07) is 6.71. The first kappa shape index (κ1) is 17.9. The Hall–Kier alpha value is -1.91. The van der Waals surface area contributed by atoms with Crippen LogP contribution >= 0.6 is 0 Å². The summed E-state index contributed by atoms with van der Waals surface area (Å²) in [5.74, 6) is 0. The van der Waals surface area contributed by atoms with Crippen molar-refractivity contribution >= 4 is 17.5 Å². The molecule has 0 unspecified atom stereocenters. The van der Waals surface area contributed by atoms with Gasteiger partial charge in [-0.3, -0.25) is 0 Å². The lowest BCUT2D eigenvalue weighted by Crippen LogP contribution is -2.48. The minimum atomic E-state index is -0.441. The molecule has 2 aliphatic rings. The summed E-state index contributed by atoms with van der Waals surface area (Å²) >= 11 is 0. The number of anilines is 2. The van der Waals surface area contributed by atoms with Crippen LogP contribution in [-0.4, -0.2) is 42.3 Å². The predicted octanol–water partition coefficient (Wildman–Crippen LogP) is 3.77. The third kappa shape index (κ3) is 3.70. The highest BCUT2D eigenvalue weighted by atomic mass is 16.6. The molecule has 1 fully saturated rings. The van der Waals surface area contributed by atoms with Crippen LogP contribution in [-0.2, 0) is 10.2 Å². The van der Waals surface area contributed by atoms with Crippen LogP contribution in [0.25, 0.3) is 0 Å². The van der Waals surface area contributed by atoms with E-state index in [0.717, 1.165) is 38.2 Å².